The molecule has 1 atom stereocenters. The van der Waals surface area contributed by atoms with Crippen LogP contribution in [0.4, 0.5) is 4.79 Å². The molecule has 1 aromatic carbocycles. The third kappa shape index (κ3) is 4.21. The fourth-order valence-electron chi connectivity index (χ4n) is 2.17. The number of hydrogen-bond donors (Lipinski definition) is 0. The van der Waals surface area contributed by atoms with E-state index in [1.165, 1.54) is 0 Å². The van der Waals surface area contributed by atoms with Crippen LogP contribution in [0.2, 0.25) is 23.2 Å². The predicted octanol–water partition coefficient (Wildman–Crippen LogP) is 5.06. The summed E-state index contributed by atoms with van der Waals surface area (Å²) in [6, 6.07) is 5.74. The van der Waals surface area contributed by atoms with E-state index in [0.717, 1.165) is 11.3 Å². The lowest BCUT2D eigenvalue weighted by atomic mass is 10.2. The van der Waals surface area contributed by atoms with Gasteiger partial charge in [-0.05, 0) is 42.8 Å². The Kier molecular flexibility index (Phi) is 5.02. The second-order valence-corrected chi connectivity index (χ2v) is 12.8. The van der Waals surface area contributed by atoms with E-state index in [-0.39, 0.29) is 17.2 Å². The van der Waals surface area contributed by atoms with E-state index < -0.39 is 8.32 Å². The van der Waals surface area contributed by atoms with Crippen LogP contribution in [0.5, 0.6) is 5.75 Å². The first kappa shape index (κ1) is 18.1. The molecule has 4 nitrogen and oxygen atoms in total. The molecule has 0 saturated carbocycles. The largest absolute Gasteiger partial charge is 0.543 e. The molecular weight excluding hydrogens is 330 g/mol. The van der Waals surface area contributed by atoms with Crippen LogP contribution in [-0.2, 0) is 11.3 Å². The zero-order chi connectivity index (χ0) is 17.4. The molecule has 1 aliphatic heterocycles. The van der Waals surface area contributed by atoms with Crippen LogP contribution >= 0.6 is 11.6 Å². The highest BCUT2D eigenvalue weighted by molar-refractivity contribution is 6.74. The summed E-state index contributed by atoms with van der Waals surface area (Å²) in [5.74, 6) is 0.722. The van der Waals surface area contributed by atoms with Crippen LogP contribution in [0.25, 0.3) is 0 Å². The third-order valence-corrected chi connectivity index (χ3v) is 9.22. The van der Waals surface area contributed by atoms with E-state index in [0.29, 0.717) is 18.1 Å². The fourth-order valence-corrected chi connectivity index (χ4v) is 3.51. The van der Waals surface area contributed by atoms with Gasteiger partial charge in [0.15, 0.2) is 0 Å². The number of hydrogen-bond acceptors (Lipinski definition) is 3. The number of nitrogens with zero attached hydrogens (tertiary/aromatic N) is 1. The van der Waals surface area contributed by atoms with Gasteiger partial charge in [0.05, 0.1) is 11.6 Å². The Bertz CT molecular complexity index is 598. The summed E-state index contributed by atoms with van der Waals surface area (Å²) in [6.45, 7) is 14.0. The molecule has 0 radical (unpaired) electrons. The van der Waals surface area contributed by atoms with Crippen molar-refractivity contribution in [2.75, 3.05) is 6.54 Å². The van der Waals surface area contributed by atoms with Gasteiger partial charge in [0.25, 0.3) is 8.32 Å². The first-order valence-corrected chi connectivity index (χ1v) is 11.2. The molecular formula is C17H26ClNO3Si. The molecule has 23 heavy (non-hydrogen) atoms. The molecule has 0 bridgehead atoms. The first-order chi connectivity index (χ1) is 10.5. The van der Waals surface area contributed by atoms with Crippen molar-refractivity contribution < 1.29 is 14.0 Å². The molecule has 0 spiro atoms. The molecule has 0 aliphatic carbocycles. The lowest BCUT2D eigenvalue weighted by Crippen LogP contribution is -2.43. The van der Waals surface area contributed by atoms with Gasteiger partial charge in [0.1, 0.15) is 11.9 Å². The topological polar surface area (TPSA) is 38.8 Å². The van der Waals surface area contributed by atoms with E-state index in [1.807, 2.05) is 25.1 Å². The minimum Gasteiger partial charge on any atom is -0.543 e. The molecule has 128 valence electrons. The number of amides is 1. The average Bonchev–Trinajstić information content (AvgIpc) is 2.69. The molecule has 1 fully saturated rings. The van der Waals surface area contributed by atoms with Crippen molar-refractivity contribution in [2.24, 2.45) is 0 Å². The molecule has 6 heteroatoms. The molecule has 1 heterocycles. The van der Waals surface area contributed by atoms with Crippen LogP contribution in [0.15, 0.2) is 18.2 Å². The van der Waals surface area contributed by atoms with Gasteiger partial charge >= 0.3 is 6.09 Å². The Balaban J connectivity index is 2.11. The standard InChI is InChI=1S/C17H26ClNO3Si/c1-12-10-19(16(20)21-12)11-13-7-8-15(14(18)9-13)22-23(5,6)17(2,3)4/h7-9,12H,10-11H2,1-6H3/t12-/m1/s1. The summed E-state index contributed by atoms with van der Waals surface area (Å²) < 4.78 is 11.4. The predicted molar refractivity (Wildman–Crippen MR) is 95.6 cm³/mol. The van der Waals surface area contributed by atoms with Gasteiger partial charge in [-0.2, -0.15) is 0 Å². The van der Waals surface area contributed by atoms with Crippen LogP contribution in [0, 0.1) is 0 Å². The Labute approximate surface area is 144 Å². The number of halogens is 1. The monoisotopic (exact) mass is 355 g/mol. The Morgan fingerprint density at radius 2 is 2.04 bits per heavy atom. The lowest BCUT2D eigenvalue weighted by molar-refractivity contribution is 0.137. The fraction of sp³-hybridized carbons (Fsp3) is 0.588. The van der Waals surface area contributed by atoms with Crippen LogP contribution in [-0.4, -0.2) is 32.0 Å². The van der Waals surface area contributed by atoms with Crippen molar-refractivity contribution in [3.05, 3.63) is 28.8 Å². The quantitative estimate of drug-likeness (QED) is 0.708. The van der Waals surface area contributed by atoms with Crippen molar-refractivity contribution in [3.8, 4) is 5.75 Å². The highest BCUT2D eigenvalue weighted by Gasteiger charge is 2.39. The highest BCUT2D eigenvalue weighted by Crippen LogP contribution is 2.39. The van der Waals surface area contributed by atoms with E-state index in [4.69, 9.17) is 20.8 Å². The second-order valence-electron chi connectivity index (χ2n) is 7.70. The van der Waals surface area contributed by atoms with Gasteiger partial charge in [0.2, 0.25) is 0 Å². The van der Waals surface area contributed by atoms with Gasteiger partial charge in [-0.25, -0.2) is 4.79 Å². The molecule has 0 aromatic heterocycles. The smallest absolute Gasteiger partial charge is 0.410 e. The molecule has 0 N–H and O–H groups in total. The number of carbonyl (C=O) groups excluding carboxylic acids is 1. The minimum atomic E-state index is -1.92. The molecule has 1 saturated heterocycles. The third-order valence-electron chi connectivity index (χ3n) is 4.58. The Morgan fingerprint density at radius 1 is 1.39 bits per heavy atom. The maximum Gasteiger partial charge on any atom is 0.410 e. The number of cyclic esters (lactones) is 1. The van der Waals surface area contributed by atoms with E-state index in [1.54, 1.807) is 4.90 Å². The SMILES string of the molecule is C[C@@H]1CN(Cc2ccc(O[Si](C)(C)C(C)(C)C)c(Cl)c2)C(=O)O1. The van der Waals surface area contributed by atoms with Gasteiger partial charge < -0.3 is 14.1 Å². The summed E-state index contributed by atoms with van der Waals surface area (Å²) in [5.41, 5.74) is 0.976. The van der Waals surface area contributed by atoms with Gasteiger partial charge in [0, 0.05) is 6.54 Å². The maximum atomic E-state index is 11.7. The highest BCUT2D eigenvalue weighted by atomic mass is 35.5. The van der Waals surface area contributed by atoms with Crippen LogP contribution in [0.1, 0.15) is 33.3 Å². The summed E-state index contributed by atoms with van der Waals surface area (Å²) in [4.78, 5) is 13.4. The molecule has 1 aliphatic rings. The van der Waals surface area contributed by atoms with Crippen LogP contribution < -0.4 is 4.43 Å². The number of benzene rings is 1. The summed E-state index contributed by atoms with van der Waals surface area (Å²) in [7, 11) is -1.92. The van der Waals surface area contributed by atoms with Crippen molar-refractivity contribution in [1.82, 2.24) is 4.90 Å². The van der Waals surface area contributed by atoms with Gasteiger partial charge in [-0.15, -0.1) is 0 Å². The maximum absolute atomic E-state index is 11.7. The number of carbonyl (C=O) groups is 1. The first-order valence-electron chi connectivity index (χ1n) is 7.92. The van der Waals surface area contributed by atoms with E-state index in [9.17, 15) is 4.79 Å². The summed E-state index contributed by atoms with van der Waals surface area (Å²) in [6.07, 6.45) is -0.325. The van der Waals surface area contributed by atoms with Crippen molar-refractivity contribution in [2.45, 2.75) is 58.5 Å². The Morgan fingerprint density at radius 3 is 2.52 bits per heavy atom. The van der Waals surface area contributed by atoms with E-state index >= 15 is 0 Å². The lowest BCUT2D eigenvalue weighted by Gasteiger charge is -2.36. The Hall–Kier alpha value is -1.20. The van der Waals surface area contributed by atoms with Crippen molar-refractivity contribution >= 4 is 26.0 Å². The second kappa shape index (κ2) is 6.36. The molecule has 0 unspecified atom stereocenters. The molecule has 2 rings (SSSR count). The van der Waals surface area contributed by atoms with Crippen LogP contribution in [0.3, 0.4) is 0 Å². The molecule has 1 amide bonds. The zero-order valence-corrected chi connectivity index (χ0v) is 16.5. The summed E-state index contributed by atoms with van der Waals surface area (Å²) >= 11 is 6.40. The summed E-state index contributed by atoms with van der Waals surface area (Å²) in [5, 5.41) is 0.706. The van der Waals surface area contributed by atoms with Gasteiger partial charge in [-0.3, -0.25) is 0 Å². The van der Waals surface area contributed by atoms with Gasteiger partial charge in [-0.1, -0.05) is 38.4 Å². The van der Waals surface area contributed by atoms with Crippen molar-refractivity contribution in [3.63, 3.8) is 0 Å². The van der Waals surface area contributed by atoms with Crippen molar-refractivity contribution in [1.29, 1.82) is 0 Å². The van der Waals surface area contributed by atoms with E-state index in [2.05, 4.69) is 33.9 Å². The normalized spacial score (nSPS) is 19.0. The average molecular weight is 356 g/mol. The molecule has 1 aromatic rings. The number of ether oxygens (including phenoxy) is 1. The number of rotatable bonds is 4. The minimum absolute atomic E-state index is 0.0563. The zero-order valence-electron chi connectivity index (χ0n) is 14.8.